The zero-order chi connectivity index (χ0) is 37.5. The average Bonchev–Trinajstić information content (AvgIpc) is 3.62. The van der Waals surface area contributed by atoms with Crippen molar-refractivity contribution in [3.05, 3.63) is 95.6 Å². The number of cyclic esters (lactones) is 1. The maximum atomic E-state index is 13.6. The molecule has 1 atom stereocenters. The van der Waals surface area contributed by atoms with Crippen LogP contribution in [0.5, 0.6) is 0 Å². The number of nitrogens with zero attached hydrogens (tertiary/aromatic N) is 2. The van der Waals surface area contributed by atoms with Gasteiger partial charge in [-0.15, -0.1) is 0 Å². The Balaban J connectivity index is 0.000000484. The molecule has 0 saturated carbocycles. The number of hydrogen-bond donors (Lipinski definition) is 1. The molecule has 50 heavy (non-hydrogen) atoms. The highest BCUT2D eigenvalue weighted by Gasteiger charge is 2.51. The summed E-state index contributed by atoms with van der Waals surface area (Å²) in [4.78, 5) is 26.2. The van der Waals surface area contributed by atoms with Gasteiger partial charge in [-0.3, -0.25) is 9.10 Å². The Morgan fingerprint density at radius 1 is 0.940 bits per heavy atom. The Morgan fingerprint density at radius 2 is 1.44 bits per heavy atom. The number of imide groups is 1. The van der Waals surface area contributed by atoms with Crippen molar-refractivity contribution in [2.45, 2.75) is 85.0 Å². The molecule has 0 unspecified atom stereocenters. The molecule has 3 aromatic carbocycles. The normalized spacial score (nSPS) is 16.1. The first-order chi connectivity index (χ1) is 23.8. The molecule has 0 bridgehead atoms. The minimum absolute atomic E-state index is 0.0400. The zero-order valence-electron chi connectivity index (χ0n) is 29.3. The fourth-order valence-corrected chi connectivity index (χ4v) is 6.88. The average molecular weight is 957 g/mol. The first-order valence-electron chi connectivity index (χ1n) is 16.2. The van der Waals surface area contributed by atoms with Crippen LogP contribution in [0.4, 0.5) is 19.3 Å². The second-order valence-corrected chi connectivity index (χ2v) is 15.0. The van der Waals surface area contributed by atoms with Crippen LogP contribution in [0.2, 0.25) is 0 Å². The van der Waals surface area contributed by atoms with Gasteiger partial charge in [-0.05, 0) is 87.1 Å². The number of anilines is 1. The number of ether oxygens (including phenoxy) is 1. The second kappa shape index (κ2) is 21.8. The predicted octanol–water partition coefficient (Wildman–Crippen LogP) is 10.4. The minimum atomic E-state index is -0.625. The molecule has 15 heteroatoms. The van der Waals surface area contributed by atoms with E-state index in [4.69, 9.17) is 18.6 Å². The third-order valence-corrected chi connectivity index (χ3v) is 10.1. The second-order valence-electron chi connectivity index (χ2n) is 12.0. The summed E-state index contributed by atoms with van der Waals surface area (Å²) in [5.41, 5.74) is 2.78. The van der Waals surface area contributed by atoms with Crippen molar-refractivity contribution in [1.82, 2.24) is 4.90 Å². The molecule has 2 saturated heterocycles. The zero-order valence-corrected chi connectivity index (χ0v) is 35.3. The first kappa shape index (κ1) is 44.5. The summed E-state index contributed by atoms with van der Waals surface area (Å²) in [5.74, 6) is -0.823. The van der Waals surface area contributed by atoms with Gasteiger partial charge >= 0.3 is 13.2 Å². The summed E-state index contributed by atoms with van der Waals surface area (Å²) in [6.45, 7) is 14.6. The Kier molecular flexibility index (Phi) is 19.4. The highest BCUT2D eigenvalue weighted by atomic mass is 127. The van der Waals surface area contributed by atoms with Crippen LogP contribution in [0.1, 0.15) is 78.5 Å². The Labute approximate surface area is 328 Å². The van der Waals surface area contributed by atoms with Crippen LogP contribution < -0.4 is 9.77 Å². The van der Waals surface area contributed by atoms with E-state index in [9.17, 15) is 18.4 Å². The lowest BCUT2D eigenvalue weighted by molar-refractivity contribution is -0.128. The highest BCUT2D eigenvalue weighted by molar-refractivity contribution is 14.2. The molecule has 0 spiro atoms. The largest absolute Gasteiger partial charge is 0.494 e. The van der Waals surface area contributed by atoms with Gasteiger partial charge in [0, 0.05) is 57.2 Å². The monoisotopic (exact) mass is 956 g/mol. The van der Waals surface area contributed by atoms with Gasteiger partial charge in [-0.1, -0.05) is 63.6 Å². The SMILES string of the molecule is CC.CC1(C)OB(c2ccc([C@H](CC(=O)N3CCOC3=O)N(SI)c3ccc(F)cc3)cc2)OC1(C)C.CCCc1ccc(F)cc1.OSI. The molecule has 2 amide bonds. The predicted molar refractivity (Wildman–Crippen MR) is 219 cm³/mol. The molecule has 0 aliphatic carbocycles. The molecule has 2 fully saturated rings. The molecule has 0 radical (unpaired) electrons. The van der Waals surface area contributed by atoms with Crippen molar-refractivity contribution in [1.29, 1.82) is 0 Å². The third-order valence-electron chi connectivity index (χ3n) is 8.17. The summed E-state index contributed by atoms with van der Waals surface area (Å²) in [7, 11) is 1.61. The highest BCUT2D eigenvalue weighted by Crippen LogP contribution is 2.40. The van der Waals surface area contributed by atoms with Crippen LogP contribution in [-0.4, -0.2) is 52.9 Å². The Hall–Kier alpha value is -1.64. The van der Waals surface area contributed by atoms with Crippen molar-refractivity contribution in [2.75, 3.05) is 17.5 Å². The van der Waals surface area contributed by atoms with E-state index in [1.165, 1.54) is 38.9 Å². The molecule has 274 valence electrons. The molecule has 2 heterocycles. The van der Waals surface area contributed by atoms with Crippen LogP contribution in [0, 0.1) is 11.6 Å². The molecule has 0 aromatic heterocycles. The lowest BCUT2D eigenvalue weighted by Gasteiger charge is -2.32. The number of rotatable bonds is 9. The maximum Gasteiger partial charge on any atom is 0.494 e. The van der Waals surface area contributed by atoms with E-state index in [1.807, 2.05) is 82.2 Å². The Bertz CT molecular complexity index is 1460. The quantitative estimate of drug-likeness (QED) is 0.0975. The molecular weight excluding hydrogens is 911 g/mol. The first-order valence-corrected chi connectivity index (χ1v) is 22.8. The van der Waals surface area contributed by atoms with Gasteiger partial charge in [0.05, 0.1) is 39.4 Å². The van der Waals surface area contributed by atoms with E-state index in [0.717, 1.165) is 43.7 Å². The van der Waals surface area contributed by atoms with E-state index < -0.39 is 30.5 Å². The van der Waals surface area contributed by atoms with Crippen LogP contribution in [0.25, 0.3) is 0 Å². The maximum absolute atomic E-state index is 13.6. The number of hydrogen-bond acceptors (Lipinski definition) is 9. The fourth-order valence-electron chi connectivity index (χ4n) is 4.88. The van der Waals surface area contributed by atoms with Crippen LogP contribution in [-0.2, 0) is 25.3 Å². The summed E-state index contributed by atoms with van der Waals surface area (Å²) < 4.78 is 52.6. The van der Waals surface area contributed by atoms with E-state index in [0.29, 0.717) is 0 Å². The molecule has 3 aromatic rings. The van der Waals surface area contributed by atoms with Crippen molar-refractivity contribution >= 4 is 91.0 Å². The van der Waals surface area contributed by atoms with Crippen molar-refractivity contribution in [2.24, 2.45) is 0 Å². The van der Waals surface area contributed by atoms with Gasteiger partial charge in [-0.25, -0.2) is 18.5 Å². The van der Waals surface area contributed by atoms with Gasteiger partial charge in [0.1, 0.15) is 18.2 Å². The van der Waals surface area contributed by atoms with Gasteiger partial charge in [-0.2, -0.15) is 0 Å². The third kappa shape index (κ3) is 12.8. The van der Waals surface area contributed by atoms with E-state index in [1.54, 1.807) is 33.3 Å². The van der Waals surface area contributed by atoms with Gasteiger partial charge in [0.25, 0.3) is 0 Å². The number of benzene rings is 3. The van der Waals surface area contributed by atoms with Crippen molar-refractivity contribution < 1.29 is 37.0 Å². The molecular formula is C35H45BF2I2N2O6S2. The summed E-state index contributed by atoms with van der Waals surface area (Å²) >= 11 is 3.90. The Morgan fingerprint density at radius 3 is 1.88 bits per heavy atom. The van der Waals surface area contributed by atoms with Crippen LogP contribution >= 0.6 is 60.7 Å². The number of carbonyl (C=O) groups is 2. The van der Waals surface area contributed by atoms with E-state index in [-0.39, 0.29) is 37.1 Å². The van der Waals surface area contributed by atoms with Crippen LogP contribution in [0.15, 0.2) is 72.8 Å². The minimum Gasteiger partial charge on any atom is -0.447 e. The lowest BCUT2D eigenvalue weighted by atomic mass is 9.78. The van der Waals surface area contributed by atoms with Crippen molar-refractivity contribution in [3.8, 4) is 0 Å². The molecule has 5 rings (SSSR count). The fraction of sp³-hybridized carbons (Fsp3) is 0.429. The molecule has 1 N–H and O–H groups in total. The summed E-state index contributed by atoms with van der Waals surface area (Å²) in [6, 6.07) is 20.1. The number of aryl methyl sites for hydroxylation is 1. The van der Waals surface area contributed by atoms with Gasteiger partial charge < -0.3 is 18.6 Å². The van der Waals surface area contributed by atoms with Gasteiger partial charge in [0.2, 0.25) is 5.91 Å². The summed E-state index contributed by atoms with van der Waals surface area (Å²) in [5, 5.41) is 0. The molecule has 2 aliphatic rings. The standard InChI is InChI=1S/C24H27BFIN2O5S.C9H11F.C2H6.HIOS/c1-23(2)24(3,4)34-25(33-23)17-7-5-16(6-8-17)20(15-21(30)28-13-14-32-22(28)31)29(35-27)19-11-9-18(26)10-12-19;1-2-3-8-4-6-9(10)7-5-8;1-2;1-3-2/h5-12,20H,13-15H2,1-4H3;4-7H,2-3H2,1H3;1-2H3;2H/t20-;;;/m0.../s1. The van der Waals surface area contributed by atoms with Crippen LogP contribution in [0.3, 0.4) is 0 Å². The van der Waals surface area contributed by atoms with E-state index in [2.05, 4.69) is 28.1 Å². The topological polar surface area (TPSA) is 88.5 Å². The number of amides is 2. The summed E-state index contributed by atoms with van der Waals surface area (Å²) in [6.07, 6.45) is 1.57. The number of carbonyl (C=O) groups excluding carboxylic acids is 2. The molecule has 2 aliphatic heterocycles. The molecule has 8 nitrogen and oxygen atoms in total. The lowest BCUT2D eigenvalue weighted by Crippen LogP contribution is -2.41. The van der Waals surface area contributed by atoms with Crippen molar-refractivity contribution in [3.63, 3.8) is 0 Å². The smallest absolute Gasteiger partial charge is 0.447 e. The number of halogens is 4. The van der Waals surface area contributed by atoms with Gasteiger partial charge in [0.15, 0.2) is 0 Å². The van der Waals surface area contributed by atoms with E-state index >= 15 is 0 Å².